The van der Waals surface area contributed by atoms with Gasteiger partial charge in [0, 0.05) is 35.0 Å². The molecule has 1 aliphatic carbocycles. The van der Waals surface area contributed by atoms with Crippen LogP contribution in [-0.4, -0.2) is 25.6 Å². The van der Waals surface area contributed by atoms with Gasteiger partial charge in [0.05, 0.1) is 15.5 Å². The van der Waals surface area contributed by atoms with Crippen LogP contribution in [0.4, 0.5) is 11.4 Å². The molecule has 0 amide bonds. The molecular formula is C19H20ClN3O4S. The summed E-state index contributed by atoms with van der Waals surface area (Å²) in [7, 11) is -3.56. The van der Waals surface area contributed by atoms with Crippen LogP contribution in [0.25, 0.3) is 0 Å². The molecule has 1 aliphatic rings. The van der Waals surface area contributed by atoms with E-state index in [1.165, 1.54) is 36.5 Å². The fourth-order valence-corrected chi connectivity index (χ4v) is 4.58. The van der Waals surface area contributed by atoms with Crippen molar-refractivity contribution in [2.45, 2.75) is 43.0 Å². The Balaban J connectivity index is 1.73. The summed E-state index contributed by atoms with van der Waals surface area (Å²) in [4.78, 5) is 14.8. The first-order valence-electron chi connectivity index (χ1n) is 8.95. The van der Waals surface area contributed by atoms with Crippen LogP contribution >= 0.6 is 11.6 Å². The molecule has 3 rings (SSSR count). The van der Waals surface area contributed by atoms with Crippen LogP contribution in [0.3, 0.4) is 0 Å². The number of rotatable bonds is 6. The Labute approximate surface area is 168 Å². The molecule has 28 heavy (non-hydrogen) atoms. The second kappa shape index (κ2) is 8.81. The lowest BCUT2D eigenvalue weighted by Gasteiger charge is -2.22. The Hall–Kier alpha value is -2.29. The largest absolute Gasteiger partial charge is 0.270 e. The van der Waals surface area contributed by atoms with Crippen LogP contribution in [0, 0.1) is 10.1 Å². The monoisotopic (exact) mass is 421 g/mol. The van der Waals surface area contributed by atoms with Gasteiger partial charge in [-0.15, -0.1) is 0 Å². The third-order valence-electron chi connectivity index (χ3n) is 4.62. The average Bonchev–Trinajstić information content (AvgIpc) is 2.68. The van der Waals surface area contributed by atoms with Crippen LogP contribution < -0.4 is 4.72 Å². The van der Waals surface area contributed by atoms with Gasteiger partial charge < -0.3 is 0 Å². The summed E-state index contributed by atoms with van der Waals surface area (Å²) in [5, 5.41) is 11.2. The summed E-state index contributed by atoms with van der Waals surface area (Å²) in [5.74, 6) is 0. The number of halogens is 1. The minimum absolute atomic E-state index is 0.00698. The molecular weight excluding hydrogens is 402 g/mol. The van der Waals surface area contributed by atoms with E-state index in [-0.39, 0.29) is 16.6 Å². The van der Waals surface area contributed by atoms with Gasteiger partial charge in [0.2, 0.25) is 10.0 Å². The van der Waals surface area contributed by atoms with Crippen LogP contribution in [0.1, 0.15) is 37.7 Å². The highest BCUT2D eigenvalue weighted by Crippen LogP contribution is 2.23. The van der Waals surface area contributed by atoms with E-state index in [4.69, 9.17) is 11.6 Å². The molecule has 2 aromatic carbocycles. The number of nitro benzene ring substituents is 1. The van der Waals surface area contributed by atoms with E-state index in [9.17, 15) is 18.5 Å². The van der Waals surface area contributed by atoms with Gasteiger partial charge >= 0.3 is 0 Å². The van der Waals surface area contributed by atoms with Crippen molar-refractivity contribution in [2.24, 2.45) is 4.99 Å². The molecule has 148 valence electrons. The van der Waals surface area contributed by atoms with E-state index in [0.717, 1.165) is 32.1 Å². The number of nitrogens with zero attached hydrogens (tertiary/aromatic N) is 2. The quantitative estimate of drug-likeness (QED) is 0.418. The first kappa shape index (κ1) is 20.4. The molecule has 2 aromatic rings. The summed E-state index contributed by atoms with van der Waals surface area (Å²) in [6.45, 7) is 0. The summed E-state index contributed by atoms with van der Waals surface area (Å²) >= 11 is 6.04. The summed E-state index contributed by atoms with van der Waals surface area (Å²) in [6, 6.07) is 10.2. The zero-order valence-electron chi connectivity index (χ0n) is 15.0. The molecule has 0 spiro atoms. The first-order valence-corrected chi connectivity index (χ1v) is 10.8. The van der Waals surface area contributed by atoms with Crippen LogP contribution in [-0.2, 0) is 10.0 Å². The van der Waals surface area contributed by atoms with E-state index in [1.54, 1.807) is 12.1 Å². The van der Waals surface area contributed by atoms with Gasteiger partial charge in [-0.25, -0.2) is 13.1 Å². The second-order valence-corrected chi connectivity index (χ2v) is 8.79. The summed E-state index contributed by atoms with van der Waals surface area (Å²) < 4.78 is 27.8. The van der Waals surface area contributed by atoms with Crippen molar-refractivity contribution in [1.29, 1.82) is 0 Å². The molecule has 1 fully saturated rings. The smallest absolute Gasteiger partial charge is 0.258 e. The molecule has 0 aliphatic heterocycles. The minimum atomic E-state index is -3.56. The highest BCUT2D eigenvalue weighted by molar-refractivity contribution is 7.89. The summed E-state index contributed by atoms with van der Waals surface area (Å²) in [6.07, 6.45) is 6.39. The van der Waals surface area contributed by atoms with E-state index >= 15 is 0 Å². The fourth-order valence-electron chi connectivity index (χ4n) is 3.11. The number of hydrogen-bond acceptors (Lipinski definition) is 5. The van der Waals surface area contributed by atoms with Gasteiger partial charge in [-0.3, -0.25) is 15.1 Å². The molecule has 0 radical (unpaired) electrons. The topological polar surface area (TPSA) is 102 Å². The average molecular weight is 422 g/mol. The lowest BCUT2D eigenvalue weighted by atomic mass is 9.96. The molecule has 0 atom stereocenters. The van der Waals surface area contributed by atoms with E-state index in [1.807, 2.05) is 0 Å². The normalized spacial score (nSPS) is 15.8. The number of benzene rings is 2. The van der Waals surface area contributed by atoms with Crippen LogP contribution in [0.2, 0.25) is 5.02 Å². The van der Waals surface area contributed by atoms with Crippen molar-refractivity contribution in [3.63, 3.8) is 0 Å². The van der Waals surface area contributed by atoms with Crippen molar-refractivity contribution >= 4 is 39.2 Å². The Morgan fingerprint density at radius 1 is 1.11 bits per heavy atom. The van der Waals surface area contributed by atoms with Crippen molar-refractivity contribution < 1.29 is 13.3 Å². The highest BCUT2D eigenvalue weighted by Gasteiger charge is 2.21. The van der Waals surface area contributed by atoms with Crippen molar-refractivity contribution in [2.75, 3.05) is 0 Å². The number of nitro groups is 1. The SMILES string of the molecule is O=[N+]([O-])c1ccc(Cl)c(C=Nc2ccc(S(=O)(=O)NC3CCCCC3)cc2)c1. The van der Waals surface area contributed by atoms with Gasteiger partial charge in [-0.1, -0.05) is 30.9 Å². The second-order valence-electron chi connectivity index (χ2n) is 6.67. The molecule has 0 unspecified atom stereocenters. The number of non-ortho nitro benzene ring substituents is 1. The van der Waals surface area contributed by atoms with Crippen LogP contribution in [0.15, 0.2) is 52.4 Å². The fraction of sp³-hybridized carbons (Fsp3) is 0.316. The van der Waals surface area contributed by atoms with Crippen molar-refractivity contribution in [3.05, 3.63) is 63.2 Å². The maximum absolute atomic E-state index is 12.5. The maximum atomic E-state index is 12.5. The third kappa shape index (κ3) is 5.15. The lowest BCUT2D eigenvalue weighted by molar-refractivity contribution is -0.384. The predicted octanol–water partition coefficient (Wildman–Crippen LogP) is 4.61. The summed E-state index contributed by atoms with van der Waals surface area (Å²) in [5.41, 5.74) is 0.840. The molecule has 0 saturated heterocycles. The number of aliphatic imine (C=N–C) groups is 1. The first-order chi connectivity index (χ1) is 13.3. The molecule has 7 nitrogen and oxygen atoms in total. The molecule has 0 bridgehead atoms. The van der Waals surface area contributed by atoms with E-state index < -0.39 is 14.9 Å². The maximum Gasteiger partial charge on any atom is 0.270 e. The number of hydrogen-bond donors (Lipinski definition) is 1. The van der Waals surface area contributed by atoms with Gasteiger partial charge in [0.25, 0.3) is 5.69 Å². The molecule has 1 N–H and O–H groups in total. The van der Waals surface area contributed by atoms with Crippen molar-refractivity contribution in [3.8, 4) is 0 Å². The van der Waals surface area contributed by atoms with Crippen molar-refractivity contribution in [1.82, 2.24) is 4.72 Å². The standard InChI is InChI=1S/C19H20ClN3O4S/c20-19-11-8-17(23(24)25)12-14(19)13-21-15-6-9-18(10-7-15)28(26,27)22-16-4-2-1-3-5-16/h6-13,16,22H,1-5H2. The van der Waals surface area contributed by atoms with Gasteiger partial charge in [-0.05, 0) is 43.2 Å². The zero-order valence-corrected chi connectivity index (χ0v) is 16.6. The highest BCUT2D eigenvalue weighted by atomic mass is 35.5. The van der Waals surface area contributed by atoms with E-state index in [2.05, 4.69) is 9.71 Å². The number of nitrogens with one attached hydrogen (secondary N) is 1. The predicted molar refractivity (Wildman–Crippen MR) is 109 cm³/mol. The van der Waals surface area contributed by atoms with Gasteiger partial charge in [0.15, 0.2) is 0 Å². The minimum Gasteiger partial charge on any atom is -0.258 e. The van der Waals surface area contributed by atoms with Gasteiger partial charge in [0.1, 0.15) is 0 Å². The Morgan fingerprint density at radius 2 is 1.79 bits per heavy atom. The van der Waals surface area contributed by atoms with E-state index in [0.29, 0.717) is 16.3 Å². The molecule has 1 saturated carbocycles. The number of sulfonamides is 1. The third-order valence-corrected chi connectivity index (χ3v) is 6.50. The lowest BCUT2D eigenvalue weighted by Crippen LogP contribution is -2.36. The molecule has 9 heteroatoms. The van der Waals surface area contributed by atoms with Crippen LogP contribution in [0.5, 0.6) is 0 Å². The van der Waals surface area contributed by atoms with Gasteiger partial charge in [-0.2, -0.15) is 0 Å². The Morgan fingerprint density at radius 3 is 2.43 bits per heavy atom. The molecule has 0 heterocycles. The Kier molecular flexibility index (Phi) is 6.43. The molecule has 0 aromatic heterocycles. The Bertz CT molecular complexity index is 985. The zero-order chi connectivity index (χ0) is 20.1.